The Morgan fingerprint density at radius 3 is 2.79 bits per heavy atom. The first kappa shape index (κ1) is 15.0. The Kier molecular flexibility index (Phi) is 5.00. The predicted molar refractivity (Wildman–Crippen MR) is 78.9 cm³/mol. The molecule has 0 amide bonds. The van der Waals surface area contributed by atoms with Crippen LogP contribution >= 0.6 is 11.3 Å². The maximum absolute atomic E-state index is 12.6. The Labute approximate surface area is 119 Å². The van der Waals surface area contributed by atoms with Crippen molar-refractivity contribution in [2.45, 2.75) is 50.1 Å². The van der Waals surface area contributed by atoms with Crippen LogP contribution in [0.15, 0.2) is 16.3 Å². The molecule has 108 valence electrons. The van der Waals surface area contributed by atoms with Gasteiger partial charge in [-0.15, -0.1) is 11.3 Å². The summed E-state index contributed by atoms with van der Waals surface area (Å²) >= 11 is 1.51. The summed E-state index contributed by atoms with van der Waals surface area (Å²) in [4.78, 5) is 1.53. The van der Waals surface area contributed by atoms with Crippen molar-refractivity contribution in [3.8, 4) is 0 Å². The van der Waals surface area contributed by atoms with E-state index in [2.05, 4.69) is 12.2 Å². The van der Waals surface area contributed by atoms with Crippen LogP contribution in [-0.4, -0.2) is 32.4 Å². The Morgan fingerprint density at radius 2 is 2.21 bits per heavy atom. The zero-order valence-corrected chi connectivity index (χ0v) is 13.2. The second-order valence-corrected chi connectivity index (χ2v) is 7.87. The fraction of sp³-hybridized carbons (Fsp3) is 0.692. The van der Waals surface area contributed by atoms with E-state index < -0.39 is 10.0 Å². The third kappa shape index (κ3) is 3.56. The first-order valence-corrected chi connectivity index (χ1v) is 9.15. The van der Waals surface area contributed by atoms with Crippen molar-refractivity contribution in [1.82, 2.24) is 9.62 Å². The third-order valence-corrected chi connectivity index (χ3v) is 6.29. The minimum Gasteiger partial charge on any atom is -0.315 e. The van der Waals surface area contributed by atoms with Gasteiger partial charge in [-0.1, -0.05) is 13.3 Å². The smallest absolute Gasteiger partial charge is 0.244 e. The predicted octanol–water partition coefficient (Wildman–Crippen LogP) is 2.42. The highest BCUT2D eigenvalue weighted by atomic mass is 32.2. The summed E-state index contributed by atoms with van der Waals surface area (Å²) in [6, 6.07) is 2.04. The molecule has 4 nitrogen and oxygen atoms in total. The molecule has 1 heterocycles. The number of nitrogens with zero attached hydrogens (tertiary/aromatic N) is 1. The summed E-state index contributed by atoms with van der Waals surface area (Å²) in [6.45, 7) is 3.46. The molecule has 6 heteroatoms. The van der Waals surface area contributed by atoms with Gasteiger partial charge in [-0.25, -0.2) is 8.42 Å². The summed E-state index contributed by atoms with van der Waals surface area (Å²) in [5.74, 6) is 0. The Morgan fingerprint density at radius 1 is 1.47 bits per heavy atom. The standard InChI is InChI=1S/C13H22N2O2S2/c1-3-4-7-15(11-5-6-11)19(16,17)13-8-12(9-14-2)18-10-13/h8,10-11,14H,3-7,9H2,1-2H3. The van der Waals surface area contributed by atoms with E-state index in [9.17, 15) is 8.42 Å². The van der Waals surface area contributed by atoms with Crippen molar-refractivity contribution in [2.75, 3.05) is 13.6 Å². The Balaban J connectivity index is 2.17. The summed E-state index contributed by atoms with van der Waals surface area (Å²) in [6.07, 6.45) is 3.98. The normalized spacial score (nSPS) is 16.2. The molecule has 0 aliphatic heterocycles. The number of rotatable bonds is 8. The summed E-state index contributed by atoms with van der Waals surface area (Å²) in [5.41, 5.74) is 0. The van der Waals surface area contributed by atoms with Gasteiger partial charge in [0.25, 0.3) is 0 Å². The lowest BCUT2D eigenvalue weighted by Crippen LogP contribution is -2.33. The molecule has 1 aromatic rings. The van der Waals surface area contributed by atoms with Crippen LogP contribution in [-0.2, 0) is 16.6 Å². The van der Waals surface area contributed by atoms with Crippen molar-refractivity contribution in [3.05, 3.63) is 16.3 Å². The van der Waals surface area contributed by atoms with Crippen LogP contribution in [0.3, 0.4) is 0 Å². The Hall–Kier alpha value is -0.430. The van der Waals surface area contributed by atoms with Crippen LogP contribution in [0.5, 0.6) is 0 Å². The molecule has 19 heavy (non-hydrogen) atoms. The van der Waals surface area contributed by atoms with Gasteiger partial charge in [-0.3, -0.25) is 0 Å². The van der Waals surface area contributed by atoms with Gasteiger partial charge < -0.3 is 5.32 Å². The summed E-state index contributed by atoms with van der Waals surface area (Å²) in [5, 5.41) is 4.82. The second kappa shape index (κ2) is 6.35. The largest absolute Gasteiger partial charge is 0.315 e. The highest BCUT2D eigenvalue weighted by Crippen LogP contribution is 2.33. The molecule has 0 unspecified atom stereocenters. The number of sulfonamides is 1. The topological polar surface area (TPSA) is 49.4 Å². The van der Waals surface area contributed by atoms with Gasteiger partial charge >= 0.3 is 0 Å². The zero-order valence-electron chi connectivity index (χ0n) is 11.6. The molecular formula is C13H22N2O2S2. The van der Waals surface area contributed by atoms with Crippen LogP contribution in [0.1, 0.15) is 37.5 Å². The fourth-order valence-electron chi connectivity index (χ4n) is 2.07. The van der Waals surface area contributed by atoms with E-state index in [0.717, 1.165) is 37.1 Å². The molecule has 1 aliphatic rings. The molecule has 0 atom stereocenters. The number of unbranched alkanes of at least 4 members (excludes halogenated alkanes) is 1. The van der Waals surface area contributed by atoms with E-state index in [1.807, 2.05) is 7.05 Å². The SMILES string of the molecule is CCCCN(C1CC1)S(=O)(=O)c1csc(CNC)c1. The van der Waals surface area contributed by atoms with Crippen LogP contribution in [0.2, 0.25) is 0 Å². The number of thiophene rings is 1. The second-order valence-electron chi connectivity index (χ2n) is 4.98. The molecule has 1 N–H and O–H groups in total. The molecule has 0 bridgehead atoms. The van der Waals surface area contributed by atoms with E-state index in [4.69, 9.17) is 0 Å². The van der Waals surface area contributed by atoms with E-state index in [1.165, 1.54) is 11.3 Å². The summed E-state index contributed by atoms with van der Waals surface area (Å²) < 4.78 is 27.0. The third-order valence-electron chi connectivity index (χ3n) is 3.27. The van der Waals surface area contributed by atoms with Gasteiger partial charge in [0, 0.05) is 29.4 Å². The van der Waals surface area contributed by atoms with E-state index in [-0.39, 0.29) is 6.04 Å². The highest BCUT2D eigenvalue weighted by molar-refractivity contribution is 7.89. The van der Waals surface area contributed by atoms with Gasteiger partial charge in [-0.05, 0) is 32.4 Å². The maximum Gasteiger partial charge on any atom is 0.244 e. The quantitative estimate of drug-likeness (QED) is 0.802. The molecule has 0 aromatic carbocycles. The lowest BCUT2D eigenvalue weighted by Gasteiger charge is -2.20. The molecule has 1 fully saturated rings. The minimum atomic E-state index is -3.29. The van der Waals surface area contributed by atoms with E-state index >= 15 is 0 Å². The van der Waals surface area contributed by atoms with Gasteiger partial charge in [0.15, 0.2) is 0 Å². The monoisotopic (exact) mass is 302 g/mol. The minimum absolute atomic E-state index is 0.240. The fourth-order valence-corrected chi connectivity index (χ4v) is 5.07. The average Bonchev–Trinajstić information content (AvgIpc) is 3.08. The number of hydrogen-bond acceptors (Lipinski definition) is 4. The van der Waals surface area contributed by atoms with E-state index in [1.54, 1.807) is 15.8 Å². The number of hydrogen-bond donors (Lipinski definition) is 1. The van der Waals surface area contributed by atoms with Crippen molar-refractivity contribution >= 4 is 21.4 Å². The zero-order chi connectivity index (χ0) is 13.9. The number of nitrogens with one attached hydrogen (secondary N) is 1. The molecule has 0 saturated heterocycles. The molecule has 1 aliphatic carbocycles. The first-order chi connectivity index (χ1) is 9.09. The van der Waals surface area contributed by atoms with Crippen LogP contribution in [0.25, 0.3) is 0 Å². The molecular weight excluding hydrogens is 280 g/mol. The Bertz CT molecular complexity index is 506. The average molecular weight is 302 g/mol. The summed E-state index contributed by atoms with van der Waals surface area (Å²) in [7, 11) is -1.42. The molecule has 0 radical (unpaired) electrons. The lowest BCUT2D eigenvalue weighted by atomic mass is 10.3. The van der Waals surface area contributed by atoms with Crippen molar-refractivity contribution in [2.24, 2.45) is 0 Å². The maximum atomic E-state index is 12.6. The molecule has 2 rings (SSSR count). The first-order valence-electron chi connectivity index (χ1n) is 6.83. The van der Waals surface area contributed by atoms with Gasteiger partial charge in [0.2, 0.25) is 10.0 Å². The van der Waals surface area contributed by atoms with Gasteiger partial charge in [-0.2, -0.15) is 4.31 Å². The molecule has 1 saturated carbocycles. The van der Waals surface area contributed by atoms with Gasteiger partial charge in [0.05, 0.1) is 4.90 Å². The van der Waals surface area contributed by atoms with Crippen LogP contribution in [0.4, 0.5) is 0 Å². The van der Waals surface area contributed by atoms with Crippen LogP contribution < -0.4 is 5.32 Å². The van der Waals surface area contributed by atoms with E-state index in [0.29, 0.717) is 11.4 Å². The van der Waals surface area contributed by atoms with Crippen molar-refractivity contribution < 1.29 is 8.42 Å². The van der Waals surface area contributed by atoms with Crippen molar-refractivity contribution in [1.29, 1.82) is 0 Å². The van der Waals surface area contributed by atoms with Crippen molar-refractivity contribution in [3.63, 3.8) is 0 Å². The molecule has 0 spiro atoms. The van der Waals surface area contributed by atoms with Crippen LogP contribution in [0, 0.1) is 0 Å². The lowest BCUT2D eigenvalue weighted by molar-refractivity contribution is 0.396. The van der Waals surface area contributed by atoms with Gasteiger partial charge in [0.1, 0.15) is 0 Å². The highest BCUT2D eigenvalue weighted by Gasteiger charge is 2.37. The molecule has 1 aromatic heterocycles.